The number of hydrogen-bond donors (Lipinski definition) is 2. The van der Waals surface area contributed by atoms with Crippen LogP contribution < -0.4 is 15.9 Å². The second kappa shape index (κ2) is 30.7. The molecule has 2 N–H and O–H groups in total. The van der Waals surface area contributed by atoms with Crippen LogP contribution in [-0.4, -0.2) is 62.8 Å². The number of nitrogens with zero attached hydrogens (tertiary/aromatic N) is 3. The van der Waals surface area contributed by atoms with E-state index in [9.17, 15) is 4.79 Å². The molecule has 1 fully saturated rings. The van der Waals surface area contributed by atoms with Crippen LogP contribution >= 0.6 is 128 Å². The molecule has 13 aromatic rings. The smallest absolute Gasteiger partial charge is 0.485 e. The van der Waals surface area contributed by atoms with Gasteiger partial charge in [0.2, 0.25) is 5.78 Å². The van der Waals surface area contributed by atoms with E-state index in [0.717, 1.165) is 78.6 Å². The lowest BCUT2D eigenvalue weighted by Crippen LogP contribution is -2.41. The Morgan fingerprint density at radius 1 is 0.575 bits per heavy atom. The van der Waals surface area contributed by atoms with E-state index in [0.29, 0.717) is 42.5 Å². The zero-order valence-corrected chi connectivity index (χ0v) is 55.4. The summed E-state index contributed by atoms with van der Waals surface area (Å²) in [6.07, 6.45) is 11.0. The molecule has 2 aliphatic rings. The van der Waals surface area contributed by atoms with Crippen LogP contribution in [-0.2, 0) is 9.31 Å². The summed E-state index contributed by atoms with van der Waals surface area (Å²) in [5.74, 6) is 1.37. The SMILES string of the molecule is Brc1csc(-c2ccoc2)n1.Brc1csc(Br)n1.C.CC1(C)OB(c2cc3ccc(Cl)cc3o2)OC1(C)C.Clc1ccc2cc(-c3csc(-c4ccoc4)n3)oc2c1.Clc1ccc2ccoc2c1.O=C1COc2cc(Cl)ccc21.OB(O)c1ccoc1. The zero-order chi connectivity index (χ0) is 61.1. The van der Waals surface area contributed by atoms with E-state index in [1.54, 1.807) is 95.7 Å². The molecule has 0 aliphatic carbocycles. The first-order valence-electron chi connectivity index (χ1n) is 25.3. The average molecular weight is 1500 g/mol. The number of carbonyl (C=O) groups excluding carboxylic acids is 1. The van der Waals surface area contributed by atoms with Crippen molar-refractivity contribution in [2.24, 2.45) is 0 Å². The lowest BCUT2D eigenvalue weighted by Gasteiger charge is -2.32. The molecule has 15 rings (SSSR count). The van der Waals surface area contributed by atoms with E-state index in [2.05, 4.69) is 67.2 Å². The summed E-state index contributed by atoms with van der Waals surface area (Å²) < 4.78 is 50.9. The summed E-state index contributed by atoms with van der Waals surface area (Å²) >= 11 is 37.7. The number of fused-ring (bicyclic) bond motifs is 4. The molecule has 87 heavy (non-hydrogen) atoms. The molecule has 27 heteroatoms. The molecule has 9 aromatic heterocycles. The molecule has 4 aromatic carbocycles. The third kappa shape index (κ3) is 18.2. The third-order valence-electron chi connectivity index (χ3n) is 12.5. The first-order valence-corrected chi connectivity index (χ1v) is 31.8. The molecule has 0 saturated carbocycles. The minimum atomic E-state index is -1.41. The Labute approximate surface area is 556 Å². The predicted molar refractivity (Wildman–Crippen MR) is 360 cm³/mol. The Hall–Kier alpha value is -5.73. The summed E-state index contributed by atoms with van der Waals surface area (Å²) in [6.45, 7) is 8.23. The van der Waals surface area contributed by atoms with E-state index in [-0.39, 0.29) is 31.0 Å². The van der Waals surface area contributed by atoms with E-state index in [1.807, 2.05) is 117 Å². The number of rotatable bonds is 5. The quantitative estimate of drug-likeness (QED) is 0.154. The summed E-state index contributed by atoms with van der Waals surface area (Å²) in [5, 5.41) is 30.3. The molecule has 0 spiro atoms. The zero-order valence-electron chi connectivity index (χ0n) is 45.2. The highest BCUT2D eigenvalue weighted by Gasteiger charge is 2.53. The fraction of sp³-hybridized carbons (Fsp3) is 0.133. The van der Waals surface area contributed by atoms with Crippen molar-refractivity contribution in [2.75, 3.05) is 6.61 Å². The van der Waals surface area contributed by atoms with Crippen molar-refractivity contribution in [3.63, 3.8) is 0 Å². The van der Waals surface area contributed by atoms with Crippen molar-refractivity contribution in [2.45, 2.75) is 46.3 Å². The van der Waals surface area contributed by atoms with Gasteiger partial charge in [-0.2, -0.15) is 0 Å². The molecule has 1 saturated heterocycles. The Balaban J connectivity index is 0.000000136. The number of hydrogen-bond acceptors (Lipinski definition) is 18. The highest BCUT2D eigenvalue weighted by Crippen LogP contribution is 2.38. The highest BCUT2D eigenvalue weighted by atomic mass is 79.9. The van der Waals surface area contributed by atoms with Gasteiger partial charge in [-0.1, -0.05) is 53.8 Å². The van der Waals surface area contributed by atoms with E-state index < -0.39 is 14.2 Å². The minimum absolute atomic E-state index is 0. The van der Waals surface area contributed by atoms with Crippen LogP contribution in [0.5, 0.6) is 5.75 Å². The number of carbonyl (C=O) groups is 1. The minimum Gasteiger partial charge on any atom is -0.485 e. The van der Waals surface area contributed by atoms with E-state index >= 15 is 0 Å². The molecule has 0 radical (unpaired) electrons. The summed E-state index contributed by atoms with van der Waals surface area (Å²) in [7, 11) is -1.88. The van der Waals surface area contributed by atoms with Crippen LogP contribution in [0.3, 0.4) is 0 Å². The number of aromatic nitrogens is 3. The number of ether oxygens (including phenoxy) is 1. The van der Waals surface area contributed by atoms with Crippen molar-refractivity contribution in [3.05, 3.63) is 208 Å². The summed E-state index contributed by atoms with van der Waals surface area (Å²) in [4.78, 5) is 23.8. The second-order valence-corrected chi connectivity index (χ2v) is 26.3. The Bertz CT molecular complexity index is 4270. The van der Waals surface area contributed by atoms with Crippen LogP contribution in [0.1, 0.15) is 45.5 Å². The van der Waals surface area contributed by atoms with Gasteiger partial charge < -0.3 is 50.6 Å². The molecule has 11 heterocycles. The summed E-state index contributed by atoms with van der Waals surface area (Å²) in [5.41, 5.74) is 6.13. The largest absolute Gasteiger partial charge is 0.532 e. The van der Waals surface area contributed by atoms with Gasteiger partial charge in [-0.3, -0.25) is 4.79 Å². The van der Waals surface area contributed by atoms with Crippen molar-refractivity contribution in [1.82, 2.24) is 15.0 Å². The molecule has 0 amide bonds. The molecule has 448 valence electrons. The van der Waals surface area contributed by atoms with Crippen LogP contribution in [0.2, 0.25) is 20.1 Å². The fourth-order valence-corrected chi connectivity index (χ4v) is 11.9. The Morgan fingerprint density at radius 2 is 1.11 bits per heavy atom. The van der Waals surface area contributed by atoms with Gasteiger partial charge in [0, 0.05) is 75.0 Å². The van der Waals surface area contributed by atoms with Gasteiger partial charge in [0.1, 0.15) is 65.6 Å². The molecule has 0 bridgehead atoms. The standard InChI is InChI=1S/C15H8ClNO2S.C14H16BClO3.C8H5ClO2.C8H5ClO.C7H4BrNOS.C4H5BO3.C3HBr2NS.CH4/c16-11-2-1-9-5-14(19-13(9)6-11)12-8-20-15(17-12)10-3-4-18-7-10;1-13(2)14(3,4)19-15(18-13)12-7-9-5-6-10(16)8-11(9)17-12;9-5-1-2-6-7(10)4-11-8(6)3-5;9-7-2-1-6-3-4-10-8(6)5-7;8-6-4-11-7(9-6)5-1-2-10-3-5;6-5(7)4-1-2-8-3-4;4-2-1-7-3(5)6-2;/h1-8H;5-8H,1-4H3;1-3H,4H2;1-5H;1-4H;1-3,6-7H;1H;1H4. The van der Waals surface area contributed by atoms with Gasteiger partial charge in [-0.25, -0.2) is 15.0 Å². The first kappa shape index (κ1) is 67.2. The number of furan rings is 6. The van der Waals surface area contributed by atoms with Gasteiger partial charge in [-0.15, -0.1) is 34.0 Å². The molecule has 15 nitrogen and oxygen atoms in total. The number of halogens is 7. The average Bonchev–Trinajstić information content (AvgIpc) is 1.98. The number of benzene rings is 4. The fourth-order valence-electron chi connectivity index (χ4n) is 7.56. The van der Waals surface area contributed by atoms with Crippen molar-refractivity contribution < 1.29 is 55.4 Å². The number of Topliss-reactive ketones (excluding diaryl/α,β-unsaturated/α-hetero) is 1. The maximum absolute atomic E-state index is 11.0. The molecule has 0 atom stereocenters. The predicted octanol–water partition coefficient (Wildman–Crippen LogP) is 19.3. The van der Waals surface area contributed by atoms with Crippen LogP contribution in [0, 0.1) is 0 Å². The monoisotopic (exact) mass is 1500 g/mol. The Kier molecular flexibility index (Phi) is 23.7. The lowest BCUT2D eigenvalue weighted by atomic mass is 9.83. The molecular formula is C60H48B2Br3Cl4N3O12S3. The third-order valence-corrected chi connectivity index (χ3v) is 18.1. The van der Waals surface area contributed by atoms with Crippen LogP contribution in [0.4, 0.5) is 0 Å². The van der Waals surface area contributed by atoms with Crippen molar-refractivity contribution in [1.29, 1.82) is 0 Å². The highest BCUT2D eigenvalue weighted by molar-refractivity contribution is 9.11. The van der Waals surface area contributed by atoms with Crippen LogP contribution in [0.25, 0.3) is 65.5 Å². The van der Waals surface area contributed by atoms with Gasteiger partial charge in [0.15, 0.2) is 16.3 Å². The Morgan fingerprint density at radius 3 is 1.66 bits per heavy atom. The van der Waals surface area contributed by atoms with Gasteiger partial charge >= 0.3 is 14.2 Å². The second-order valence-electron chi connectivity index (χ2n) is 19.1. The van der Waals surface area contributed by atoms with E-state index in [1.165, 1.54) is 18.6 Å². The molecular weight excluding hydrogens is 1450 g/mol. The molecule has 2 aliphatic heterocycles. The maximum atomic E-state index is 11.0. The maximum Gasteiger partial charge on any atom is 0.532 e. The van der Waals surface area contributed by atoms with Gasteiger partial charge in [-0.05, 0) is 179 Å². The van der Waals surface area contributed by atoms with Gasteiger partial charge in [0.05, 0.1) is 48.1 Å². The summed E-state index contributed by atoms with van der Waals surface area (Å²) in [6, 6.07) is 32.9. The normalized spacial score (nSPS) is 13.2. The number of ketones is 1. The lowest BCUT2D eigenvalue weighted by molar-refractivity contribution is 0.00578. The van der Waals surface area contributed by atoms with Gasteiger partial charge in [0.25, 0.3) is 0 Å². The number of thiazole rings is 3. The van der Waals surface area contributed by atoms with E-state index in [4.69, 9.17) is 92.6 Å². The van der Waals surface area contributed by atoms with Crippen molar-refractivity contribution >= 4 is 192 Å². The first-order chi connectivity index (χ1) is 41.2. The van der Waals surface area contributed by atoms with Crippen molar-refractivity contribution in [3.8, 4) is 38.3 Å². The molecule has 0 unspecified atom stereocenters. The van der Waals surface area contributed by atoms with Crippen LogP contribution in [0.15, 0.2) is 209 Å². The topological polar surface area (TPSA) is 203 Å².